The van der Waals surface area contributed by atoms with E-state index in [0.717, 1.165) is 0 Å². The van der Waals surface area contributed by atoms with Gasteiger partial charge in [-0.25, -0.2) is 15.0 Å². The van der Waals surface area contributed by atoms with Crippen molar-refractivity contribution in [2.45, 2.75) is 36.7 Å². The second-order valence-electron chi connectivity index (χ2n) is 6.61. The summed E-state index contributed by atoms with van der Waals surface area (Å²) >= 11 is 0. The van der Waals surface area contributed by atoms with E-state index >= 15 is 0 Å². The highest BCUT2D eigenvalue weighted by molar-refractivity contribution is 5.82. The van der Waals surface area contributed by atoms with Gasteiger partial charge in [-0.15, -0.1) is 0 Å². The smallest absolute Gasteiger partial charge is 0.277 e. The van der Waals surface area contributed by atoms with Crippen LogP contribution in [0.1, 0.15) is 12.6 Å². The second kappa shape index (κ2) is 7.14. The summed E-state index contributed by atoms with van der Waals surface area (Å²) in [6.07, 6.45) is 0.208. The van der Waals surface area contributed by atoms with Gasteiger partial charge >= 0.3 is 0 Å². The SMILES string of the molecule is COC1=CCC(O)(CNc2ncnc3c2ncn3C2O[C@H](CO)[C@@H](O)[C@@H]2O)O1. The van der Waals surface area contributed by atoms with Crippen LogP contribution in [0.4, 0.5) is 5.82 Å². The topological polar surface area (TPSA) is 164 Å². The van der Waals surface area contributed by atoms with Gasteiger partial charge in [0.05, 0.1) is 26.6 Å². The van der Waals surface area contributed by atoms with E-state index in [1.165, 1.54) is 24.3 Å². The standard InChI is InChI=1S/C16H21N5O7/c1-26-9-2-3-16(25,28-9)5-17-13-10-14(19-6-18-13)21(7-20-10)15-12(24)11(23)8(4-22)27-15/h2,6-8,11-12,15,22-25H,3-5H2,1H3,(H,17,18,19)/t8-,11-,12+,15?,16?/m1/s1. The lowest BCUT2D eigenvalue weighted by atomic mass is 10.1. The molecule has 0 saturated carbocycles. The van der Waals surface area contributed by atoms with Crippen LogP contribution in [0.5, 0.6) is 0 Å². The Labute approximate surface area is 159 Å². The van der Waals surface area contributed by atoms with Crippen LogP contribution >= 0.6 is 0 Å². The first-order valence-corrected chi connectivity index (χ1v) is 8.65. The molecule has 12 heteroatoms. The quantitative estimate of drug-likeness (QED) is 0.384. The fourth-order valence-electron chi connectivity index (χ4n) is 3.25. The first-order valence-electron chi connectivity index (χ1n) is 8.65. The zero-order valence-corrected chi connectivity index (χ0v) is 15.0. The Balaban J connectivity index is 1.55. The molecule has 0 radical (unpaired) electrons. The minimum atomic E-state index is -1.48. The number of nitrogens with zero attached hydrogens (tertiary/aromatic N) is 4. The molecule has 152 valence electrons. The lowest BCUT2D eigenvalue weighted by Crippen LogP contribution is -2.36. The van der Waals surface area contributed by atoms with E-state index in [1.807, 2.05) is 0 Å². The molecule has 0 bridgehead atoms. The van der Waals surface area contributed by atoms with Crippen molar-refractivity contribution in [1.29, 1.82) is 0 Å². The highest BCUT2D eigenvalue weighted by Gasteiger charge is 2.44. The van der Waals surface area contributed by atoms with Crippen molar-refractivity contribution in [3.05, 3.63) is 24.7 Å². The molecule has 0 aromatic carbocycles. The Hall–Kier alpha value is -2.51. The maximum absolute atomic E-state index is 10.4. The first kappa shape index (κ1) is 18.8. The van der Waals surface area contributed by atoms with E-state index in [4.69, 9.17) is 14.2 Å². The molecule has 0 amide bonds. The Kier molecular flexibility index (Phi) is 4.81. The van der Waals surface area contributed by atoms with E-state index in [1.54, 1.807) is 6.08 Å². The summed E-state index contributed by atoms with van der Waals surface area (Å²) in [5, 5.41) is 42.9. The van der Waals surface area contributed by atoms with Gasteiger partial charge in [0.15, 0.2) is 23.2 Å². The molecule has 4 heterocycles. The molecule has 1 fully saturated rings. The third-order valence-corrected chi connectivity index (χ3v) is 4.76. The molecule has 2 aromatic heterocycles. The number of aliphatic hydroxyl groups excluding tert-OH is 3. The average molecular weight is 395 g/mol. The molecular weight excluding hydrogens is 374 g/mol. The zero-order chi connectivity index (χ0) is 19.9. The van der Waals surface area contributed by atoms with Gasteiger partial charge in [0.2, 0.25) is 5.79 Å². The predicted molar refractivity (Wildman–Crippen MR) is 92.6 cm³/mol. The Bertz CT molecular complexity index is 889. The van der Waals surface area contributed by atoms with Gasteiger partial charge in [-0.05, 0) is 0 Å². The number of ether oxygens (including phenoxy) is 3. The fourth-order valence-corrected chi connectivity index (χ4v) is 3.25. The van der Waals surface area contributed by atoms with Crippen molar-refractivity contribution < 1.29 is 34.6 Å². The zero-order valence-electron chi connectivity index (χ0n) is 15.0. The molecule has 12 nitrogen and oxygen atoms in total. The number of aromatic nitrogens is 4. The maximum atomic E-state index is 10.4. The van der Waals surface area contributed by atoms with Crippen LogP contribution in [0.2, 0.25) is 0 Å². The summed E-state index contributed by atoms with van der Waals surface area (Å²) in [7, 11) is 1.45. The van der Waals surface area contributed by atoms with Gasteiger partial charge in [-0.1, -0.05) is 0 Å². The summed E-state index contributed by atoms with van der Waals surface area (Å²) in [6.45, 7) is -0.414. The fraction of sp³-hybridized carbons (Fsp3) is 0.562. The number of hydrogen-bond acceptors (Lipinski definition) is 11. The minimum Gasteiger partial charge on any atom is -0.469 e. The van der Waals surface area contributed by atoms with Crippen LogP contribution in [0.3, 0.4) is 0 Å². The van der Waals surface area contributed by atoms with Crippen LogP contribution in [0, 0.1) is 0 Å². The van der Waals surface area contributed by atoms with Gasteiger partial charge in [0.25, 0.3) is 5.95 Å². The molecule has 2 unspecified atom stereocenters. The van der Waals surface area contributed by atoms with E-state index in [0.29, 0.717) is 17.0 Å². The van der Waals surface area contributed by atoms with Crippen molar-refractivity contribution in [2.24, 2.45) is 0 Å². The molecule has 4 rings (SSSR count). The normalized spacial score (nSPS) is 32.4. The van der Waals surface area contributed by atoms with Gasteiger partial charge in [0, 0.05) is 12.5 Å². The third-order valence-electron chi connectivity index (χ3n) is 4.76. The highest BCUT2D eigenvalue weighted by atomic mass is 16.7. The molecule has 0 spiro atoms. The van der Waals surface area contributed by atoms with Crippen molar-refractivity contribution in [2.75, 3.05) is 25.6 Å². The maximum Gasteiger partial charge on any atom is 0.277 e. The number of fused-ring (bicyclic) bond motifs is 1. The van der Waals surface area contributed by atoms with Crippen LogP contribution in [0.25, 0.3) is 11.2 Å². The lowest BCUT2D eigenvalue weighted by molar-refractivity contribution is -0.173. The molecule has 28 heavy (non-hydrogen) atoms. The lowest BCUT2D eigenvalue weighted by Gasteiger charge is -2.23. The van der Waals surface area contributed by atoms with Crippen molar-refractivity contribution in [1.82, 2.24) is 19.5 Å². The Morgan fingerprint density at radius 1 is 1.32 bits per heavy atom. The molecule has 2 aliphatic rings. The third kappa shape index (κ3) is 3.14. The van der Waals surface area contributed by atoms with Gasteiger partial charge in [-0.2, -0.15) is 0 Å². The van der Waals surface area contributed by atoms with Crippen LogP contribution in [-0.2, 0) is 14.2 Å². The Morgan fingerprint density at radius 3 is 2.82 bits per heavy atom. The van der Waals surface area contributed by atoms with E-state index < -0.39 is 36.9 Å². The largest absolute Gasteiger partial charge is 0.469 e. The van der Waals surface area contributed by atoms with E-state index in [9.17, 15) is 20.4 Å². The van der Waals surface area contributed by atoms with Crippen LogP contribution in [0.15, 0.2) is 24.7 Å². The number of hydrogen-bond donors (Lipinski definition) is 5. The number of methoxy groups -OCH3 is 1. The molecular formula is C16H21N5O7. The van der Waals surface area contributed by atoms with Crippen LogP contribution < -0.4 is 5.32 Å². The van der Waals surface area contributed by atoms with E-state index in [2.05, 4.69) is 20.3 Å². The summed E-state index contributed by atoms with van der Waals surface area (Å²) in [5.41, 5.74) is 0.726. The summed E-state index contributed by atoms with van der Waals surface area (Å²) in [5.74, 6) is -0.891. The number of imidazole rings is 1. The number of nitrogens with one attached hydrogen (secondary N) is 1. The molecule has 1 saturated heterocycles. The summed E-state index contributed by atoms with van der Waals surface area (Å²) in [4.78, 5) is 12.6. The Morgan fingerprint density at radius 2 is 2.14 bits per heavy atom. The minimum absolute atomic E-state index is 0.0171. The summed E-state index contributed by atoms with van der Waals surface area (Å²) < 4.78 is 17.3. The average Bonchev–Trinajstić information content (AvgIpc) is 3.37. The van der Waals surface area contributed by atoms with Gasteiger partial charge in [-0.3, -0.25) is 4.57 Å². The van der Waals surface area contributed by atoms with Crippen molar-refractivity contribution in [3.8, 4) is 0 Å². The molecule has 0 aliphatic carbocycles. The number of rotatable bonds is 6. The highest BCUT2D eigenvalue weighted by Crippen LogP contribution is 2.32. The monoisotopic (exact) mass is 395 g/mol. The summed E-state index contributed by atoms with van der Waals surface area (Å²) in [6, 6.07) is 0. The molecule has 2 aliphatic heterocycles. The van der Waals surface area contributed by atoms with Crippen molar-refractivity contribution >= 4 is 17.0 Å². The van der Waals surface area contributed by atoms with Gasteiger partial charge < -0.3 is 40.0 Å². The number of anilines is 1. The molecule has 5 atom stereocenters. The van der Waals surface area contributed by atoms with Gasteiger partial charge in [0.1, 0.15) is 24.6 Å². The molecule has 5 N–H and O–H groups in total. The number of aliphatic hydroxyl groups is 4. The van der Waals surface area contributed by atoms with E-state index in [-0.39, 0.29) is 18.9 Å². The first-order chi connectivity index (χ1) is 13.5. The predicted octanol–water partition coefficient (Wildman–Crippen LogP) is -1.55. The second-order valence-corrected chi connectivity index (χ2v) is 6.61. The molecule has 2 aromatic rings. The van der Waals surface area contributed by atoms with Crippen molar-refractivity contribution in [3.63, 3.8) is 0 Å². The van der Waals surface area contributed by atoms with Crippen LogP contribution in [-0.4, -0.2) is 84.3 Å².